The zero-order valence-electron chi connectivity index (χ0n) is 14.5. The van der Waals surface area contributed by atoms with E-state index in [1.807, 2.05) is 12.1 Å². The first-order valence-electron chi connectivity index (χ1n) is 8.73. The van der Waals surface area contributed by atoms with Gasteiger partial charge < -0.3 is 15.6 Å². The quantitative estimate of drug-likeness (QED) is 0.410. The van der Waals surface area contributed by atoms with Gasteiger partial charge in [-0.25, -0.2) is 0 Å². The second-order valence-corrected chi connectivity index (χ2v) is 6.86. The van der Waals surface area contributed by atoms with Gasteiger partial charge in [0, 0.05) is 44.2 Å². The van der Waals surface area contributed by atoms with Crippen LogP contribution in [-0.2, 0) is 11.2 Å². The van der Waals surface area contributed by atoms with Gasteiger partial charge in [-0.2, -0.15) is 0 Å². The third-order valence-electron chi connectivity index (χ3n) is 4.62. The van der Waals surface area contributed by atoms with E-state index >= 15 is 0 Å². The van der Waals surface area contributed by atoms with Crippen LogP contribution in [0.4, 0.5) is 0 Å². The Balaban J connectivity index is 1.50. The molecular formula is C17H23N7OS. The number of likely N-dealkylation sites (tertiary alicyclic amines) is 1. The summed E-state index contributed by atoms with van der Waals surface area (Å²) in [5.41, 5.74) is 3.46. The molecule has 26 heavy (non-hydrogen) atoms. The molecule has 138 valence electrons. The Morgan fingerprint density at radius 3 is 2.73 bits per heavy atom. The Hall–Kier alpha value is -2.39. The van der Waals surface area contributed by atoms with E-state index < -0.39 is 0 Å². The molecule has 8 nitrogen and oxygen atoms in total. The summed E-state index contributed by atoms with van der Waals surface area (Å²) in [6, 6.07) is 3.69. The van der Waals surface area contributed by atoms with Gasteiger partial charge in [0.2, 0.25) is 5.91 Å². The van der Waals surface area contributed by atoms with Crippen LogP contribution in [0.5, 0.6) is 0 Å². The molecule has 0 atom stereocenters. The van der Waals surface area contributed by atoms with Crippen LogP contribution < -0.4 is 16.6 Å². The van der Waals surface area contributed by atoms with Crippen molar-refractivity contribution in [3.05, 3.63) is 30.1 Å². The van der Waals surface area contributed by atoms with Crippen molar-refractivity contribution in [2.24, 2.45) is 22.0 Å². The highest BCUT2D eigenvalue weighted by molar-refractivity contribution is 7.80. The minimum Gasteiger partial charge on any atom is -0.358 e. The highest BCUT2D eigenvalue weighted by Gasteiger charge is 2.25. The molecule has 1 amide bonds. The summed E-state index contributed by atoms with van der Waals surface area (Å²) in [4.78, 5) is 19.1. The standard InChI is InChI=1S/C17H23N7OS/c18-21-17(26)13-5-8-24(9-6-13)15-4-3-14(22-23-15)20-16(25)10-12-2-1-7-19-11-12/h1-2,7,11,13H,3-6,8-10,18H2,(H,21,26)(H,20,22,25). The lowest BCUT2D eigenvalue weighted by molar-refractivity contribution is -0.119. The maximum absolute atomic E-state index is 12.1. The summed E-state index contributed by atoms with van der Waals surface area (Å²) < 4.78 is 0. The Labute approximate surface area is 157 Å². The van der Waals surface area contributed by atoms with E-state index in [1.54, 1.807) is 12.4 Å². The number of amidine groups is 2. The van der Waals surface area contributed by atoms with Crippen molar-refractivity contribution in [3.8, 4) is 0 Å². The van der Waals surface area contributed by atoms with Gasteiger partial charge in [-0.15, -0.1) is 10.2 Å². The van der Waals surface area contributed by atoms with Crippen molar-refractivity contribution in [2.45, 2.75) is 32.1 Å². The third kappa shape index (κ3) is 4.83. The number of carbonyl (C=O) groups excluding carboxylic acids is 1. The molecule has 0 aliphatic carbocycles. The molecule has 1 fully saturated rings. The van der Waals surface area contributed by atoms with Crippen LogP contribution in [-0.4, -0.2) is 45.5 Å². The second kappa shape index (κ2) is 8.81. The Kier molecular flexibility index (Phi) is 6.24. The number of rotatable bonds is 3. The number of aromatic nitrogens is 1. The van der Waals surface area contributed by atoms with E-state index in [0.29, 0.717) is 18.2 Å². The van der Waals surface area contributed by atoms with E-state index in [4.69, 9.17) is 18.1 Å². The van der Waals surface area contributed by atoms with Gasteiger partial charge >= 0.3 is 0 Å². The molecule has 2 aliphatic rings. The molecule has 9 heteroatoms. The lowest BCUT2D eigenvalue weighted by Gasteiger charge is -2.34. The van der Waals surface area contributed by atoms with Crippen molar-refractivity contribution in [3.63, 3.8) is 0 Å². The number of nitrogens with zero attached hydrogens (tertiary/aromatic N) is 4. The summed E-state index contributed by atoms with van der Waals surface area (Å²) >= 11 is 5.22. The lowest BCUT2D eigenvalue weighted by Crippen LogP contribution is -2.44. The fourth-order valence-electron chi connectivity index (χ4n) is 3.17. The number of piperidine rings is 1. The van der Waals surface area contributed by atoms with Gasteiger partial charge in [-0.05, 0) is 24.5 Å². The summed E-state index contributed by atoms with van der Waals surface area (Å²) in [5.74, 6) is 7.23. The predicted molar refractivity (Wildman–Crippen MR) is 104 cm³/mol. The first kappa shape index (κ1) is 18.4. The Bertz CT molecular complexity index is 711. The minimum absolute atomic E-state index is 0.0981. The smallest absolute Gasteiger partial charge is 0.229 e. The van der Waals surface area contributed by atoms with Crippen molar-refractivity contribution in [1.82, 2.24) is 20.6 Å². The van der Waals surface area contributed by atoms with Gasteiger partial charge in [0.05, 0.1) is 11.4 Å². The summed E-state index contributed by atoms with van der Waals surface area (Å²) in [7, 11) is 0. The maximum Gasteiger partial charge on any atom is 0.229 e. The molecule has 0 unspecified atom stereocenters. The number of nitrogens with one attached hydrogen (secondary N) is 2. The number of thiocarbonyl (C=S) groups is 1. The van der Waals surface area contributed by atoms with E-state index in [-0.39, 0.29) is 12.3 Å². The van der Waals surface area contributed by atoms with Crippen LogP contribution in [0.25, 0.3) is 0 Å². The molecule has 3 heterocycles. The molecule has 1 aromatic heterocycles. The fourth-order valence-corrected chi connectivity index (χ4v) is 3.40. The maximum atomic E-state index is 12.1. The number of nitrogens with two attached hydrogens (primary N) is 1. The van der Waals surface area contributed by atoms with Crippen LogP contribution in [0.3, 0.4) is 0 Å². The minimum atomic E-state index is -0.0981. The molecule has 1 aromatic rings. The zero-order chi connectivity index (χ0) is 18.4. The highest BCUT2D eigenvalue weighted by Crippen LogP contribution is 2.20. The summed E-state index contributed by atoms with van der Waals surface area (Å²) in [6.45, 7) is 1.78. The largest absolute Gasteiger partial charge is 0.358 e. The Morgan fingerprint density at radius 2 is 2.12 bits per heavy atom. The number of pyridine rings is 1. The second-order valence-electron chi connectivity index (χ2n) is 6.42. The molecule has 0 saturated carbocycles. The van der Waals surface area contributed by atoms with E-state index in [2.05, 4.69) is 30.8 Å². The average Bonchev–Trinajstić information content (AvgIpc) is 2.69. The number of amides is 1. The normalized spacial score (nSPS) is 18.0. The monoisotopic (exact) mass is 373 g/mol. The molecule has 0 bridgehead atoms. The fraction of sp³-hybridized carbons (Fsp3) is 0.471. The first-order chi connectivity index (χ1) is 12.7. The van der Waals surface area contributed by atoms with Gasteiger partial charge in [-0.1, -0.05) is 18.3 Å². The van der Waals surface area contributed by atoms with Gasteiger partial charge in [0.25, 0.3) is 0 Å². The Morgan fingerprint density at radius 1 is 1.31 bits per heavy atom. The van der Waals surface area contributed by atoms with Gasteiger partial charge in [0.15, 0.2) is 0 Å². The number of carbonyl (C=O) groups is 1. The van der Waals surface area contributed by atoms with Gasteiger partial charge in [-0.3, -0.25) is 15.6 Å². The SMILES string of the molecule is NNC(=S)C1CCN(C2=NN=C(NC(=O)Cc3cccnc3)CC2)CC1. The van der Waals surface area contributed by atoms with Crippen molar-refractivity contribution in [2.75, 3.05) is 13.1 Å². The third-order valence-corrected chi connectivity index (χ3v) is 5.07. The number of hydrogen-bond acceptors (Lipinski definition) is 7. The zero-order valence-corrected chi connectivity index (χ0v) is 15.3. The van der Waals surface area contributed by atoms with Gasteiger partial charge in [0.1, 0.15) is 11.7 Å². The highest BCUT2D eigenvalue weighted by atomic mass is 32.1. The molecule has 1 saturated heterocycles. The van der Waals surface area contributed by atoms with E-state index in [1.165, 1.54) is 0 Å². The van der Waals surface area contributed by atoms with E-state index in [9.17, 15) is 4.79 Å². The average molecular weight is 373 g/mol. The van der Waals surface area contributed by atoms with Crippen molar-refractivity contribution in [1.29, 1.82) is 0 Å². The molecule has 2 aliphatic heterocycles. The number of hydrazine groups is 1. The van der Waals surface area contributed by atoms with Crippen molar-refractivity contribution < 1.29 is 4.79 Å². The van der Waals surface area contributed by atoms with Crippen LogP contribution in [0, 0.1) is 5.92 Å². The van der Waals surface area contributed by atoms with Crippen LogP contribution in [0.15, 0.2) is 34.7 Å². The first-order valence-corrected chi connectivity index (χ1v) is 9.14. The topological polar surface area (TPSA) is 108 Å². The van der Waals surface area contributed by atoms with Crippen molar-refractivity contribution >= 4 is 34.8 Å². The molecule has 0 aromatic carbocycles. The van der Waals surface area contributed by atoms with Crippen LogP contribution in [0.1, 0.15) is 31.2 Å². The molecule has 0 spiro atoms. The summed E-state index contributed by atoms with van der Waals surface area (Å²) in [6.07, 6.45) is 7.03. The van der Waals surface area contributed by atoms with Crippen LogP contribution >= 0.6 is 12.2 Å². The molecule has 0 radical (unpaired) electrons. The van der Waals surface area contributed by atoms with Crippen LogP contribution in [0.2, 0.25) is 0 Å². The predicted octanol–water partition coefficient (Wildman–Crippen LogP) is 0.749. The summed E-state index contributed by atoms with van der Waals surface area (Å²) in [5, 5.41) is 11.3. The molecule has 4 N–H and O–H groups in total. The number of hydrogen-bond donors (Lipinski definition) is 3. The van der Waals surface area contributed by atoms with E-state index in [0.717, 1.165) is 48.7 Å². The lowest BCUT2D eigenvalue weighted by atomic mass is 9.96. The molecule has 3 rings (SSSR count). The molecular weight excluding hydrogens is 350 g/mol.